The van der Waals surface area contributed by atoms with E-state index in [-0.39, 0.29) is 17.1 Å². The largest absolute Gasteiger partial charge is 3.00 e. The zero-order valence-corrected chi connectivity index (χ0v) is 24.6. The number of aromatic nitrogens is 6. The molecule has 0 bridgehead atoms. The first-order valence-corrected chi connectivity index (χ1v) is 14.4. The van der Waals surface area contributed by atoms with Gasteiger partial charge in [-0.15, -0.1) is 0 Å². The van der Waals surface area contributed by atoms with E-state index in [1.807, 2.05) is 109 Å². The number of hydrogen-bond donors (Lipinski definition) is 0. The fraction of sp³-hybridized carbons (Fsp3) is 0. The zero-order chi connectivity index (χ0) is 31.1. The Balaban J connectivity index is 0.000000207. The van der Waals surface area contributed by atoms with Gasteiger partial charge in [-0.3, -0.25) is 29.9 Å². The van der Waals surface area contributed by atoms with Crippen LogP contribution in [0.1, 0.15) is 0 Å². The van der Waals surface area contributed by atoms with Crippen LogP contribution in [0, 0.1) is 0 Å². The van der Waals surface area contributed by atoms with Crippen molar-refractivity contribution in [2.75, 3.05) is 0 Å². The van der Waals surface area contributed by atoms with Crippen molar-refractivity contribution in [1.82, 2.24) is 29.9 Å². The molecule has 0 amide bonds. The van der Waals surface area contributed by atoms with Crippen LogP contribution in [0.4, 0.5) is 25.2 Å². The standard InChI is InChI=1S/3C10H8N2.F6P.Fe/c3*1-3-7-11-9(5-1)10-6-2-4-8-12-10;1-7(2,3,4,5)6;/h3*1-8H;;/q;;;-1;+3. The Morgan fingerprint density at radius 1 is 0.295 bits per heavy atom. The van der Waals surface area contributed by atoms with Crippen LogP contribution >= 0.6 is 7.81 Å². The molecule has 0 aliphatic carbocycles. The van der Waals surface area contributed by atoms with E-state index in [0.717, 1.165) is 34.2 Å². The molecular weight excluding hydrogens is 645 g/mol. The van der Waals surface area contributed by atoms with E-state index in [4.69, 9.17) is 0 Å². The third-order valence-corrected chi connectivity index (χ3v) is 4.78. The fourth-order valence-electron chi connectivity index (χ4n) is 3.09. The average molecular weight is 669 g/mol. The summed E-state index contributed by atoms with van der Waals surface area (Å²) >= 11 is 0. The minimum Gasteiger partial charge on any atom is -0.255 e. The predicted octanol–water partition coefficient (Wildman–Crippen LogP) is 9.81. The van der Waals surface area contributed by atoms with Gasteiger partial charge in [0.1, 0.15) is 0 Å². The molecule has 0 unspecified atom stereocenters. The van der Waals surface area contributed by atoms with Crippen molar-refractivity contribution in [3.8, 4) is 34.2 Å². The molecule has 0 spiro atoms. The van der Waals surface area contributed by atoms with Crippen LogP contribution < -0.4 is 0 Å². The van der Waals surface area contributed by atoms with Crippen molar-refractivity contribution in [1.29, 1.82) is 0 Å². The molecule has 14 heteroatoms. The molecule has 6 aromatic heterocycles. The van der Waals surface area contributed by atoms with Gasteiger partial charge in [0.2, 0.25) is 0 Å². The van der Waals surface area contributed by atoms with Crippen LogP contribution in [0.2, 0.25) is 0 Å². The number of halogens is 6. The molecule has 0 atom stereocenters. The predicted molar refractivity (Wildman–Crippen MR) is 156 cm³/mol. The van der Waals surface area contributed by atoms with Crippen molar-refractivity contribution < 1.29 is 42.3 Å². The van der Waals surface area contributed by atoms with E-state index in [2.05, 4.69) is 29.9 Å². The molecule has 6 aromatic rings. The molecule has 0 fully saturated rings. The van der Waals surface area contributed by atoms with Gasteiger partial charge in [-0.2, -0.15) is 0 Å². The van der Waals surface area contributed by atoms with Crippen LogP contribution in [-0.2, 0) is 17.1 Å². The van der Waals surface area contributed by atoms with Crippen molar-refractivity contribution in [3.05, 3.63) is 146 Å². The average Bonchev–Trinajstić information content (AvgIpc) is 3.03. The molecule has 1 radical (unpaired) electrons. The Kier molecular flexibility index (Phi) is 12.8. The second-order valence-corrected chi connectivity index (χ2v) is 10.2. The number of pyridine rings is 6. The maximum Gasteiger partial charge on any atom is 3.00 e. The molecule has 44 heavy (non-hydrogen) atoms. The topological polar surface area (TPSA) is 77.3 Å². The molecular formula is C30H24F6FeN6P+2. The molecule has 0 saturated heterocycles. The molecule has 0 saturated carbocycles. The summed E-state index contributed by atoms with van der Waals surface area (Å²) in [6.45, 7) is 0. The minimum absolute atomic E-state index is 0. The quantitative estimate of drug-likeness (QED) is 0.106. The van der Waals surface area contributed by atoms with E-state index in [9.17, 15) is 25.2 Å². The third-order valence-electron chi connectivity index (χ3n) is 4.78. The van der Waals surface area contributed by atoms with Gasteiger partial charge in [-0.1, -0.05) is 36.4 Å². The van der Waals surface area contributed by atoms with Crippen molar-refractivity contribution in [3.63, 3.8) is 0 Å². The monoisotopic (exact) mass is 669 g/mol. The van der Waals surface area contributed by atoms with Crippen molar-refractivity contribution in [2.24, 2.45) is 0 Å². The number of nitrogens with zero attached hydrogens (tertiary/aromatic N) is 6. The summed E-state index contributed by atoms with van der Waals surface area (Å²) < 4.78 is 59.2. The van der Waals surface area contributed by atoms with E-state index in [1.54, 1.807) is 37.2 Å². The maximum absolute atomic E-state index is 10.7. The van der Waals surface area contributed by atoms with E-state index < -0.39 is 7.81 Å². The van der Waals surface area contributed by atoms with Gasteiger partial charge >= 0.3 is 50.1 Å². The first-order chi connectivity index (χ1) is 20.3. The van der Waals surface area contributed by atoms with Gasteiger partial charge in [-0.25, -0.2) is 0 Å². The summed E-state index contributed by atoms with van der Waals surface area (Å²) in [5.74, 6) is 0. The zero-order valence-electron chi connectivity index (χ0n) is 22.6. The van der Waals surface area contributed by atoms with Gasteiger partial charge in [0.05, 0.1) is 34.2 Å². The van der Waals surface area contributed by atoms with E-state index in [0.29, 0.717) is 0 Å². The summed E-state index contributed by atoms with van der Waals surface area (Å²) in [6, 6.07) is 34.8. The van der Waals surface area contributed by atoms with Crippen LogP contribution in [0.15, 0.2) is 146 Å². The van der Waals surface area contributed by atoms with Crippen LogP contribution in [0.3, 0.4) is 0 Å². The van der Waals surface area contributed by atoms with Gasteiger partial charge in [0.25, 0.3) is 0 Å². The molecule has 0 aliphatic heterocycles. The number of hydrogen-bond acceptors (Lipinski definition) is 6. The molecule has 6 rings (SSSR count). The Labute approximate surface area is 260 Å². The van der Waals surface area contributed by atoms with Gasteiger partial charge < -0.3 is 0 Å². The Morgan fingerprint density at radius 3 is 0.523 bits per heavy atom. The van der Waals surface area contributed by atoms with E-state index >= 15 is 0 Å². The normalized spacial score (nSPS) is 11.6. The molecule has 0 N–H and O–H groups in total. The maximum atomic E-state index is 9.87. The second kappa shape index (κ2) is 15.8. The molecule has 227 valence electrons. The Hall–Kier alpha value is -4.57. The van der Waals surface area contributed by atoms with E-state index in [1.165, 1.54) is 0 Å². The Morgan fingerprint density at radius 2 is 0.432 bits per heavy atom. The summed E-state index contributed by atoms with van der Waals surface area (Å²) in [7, 11) is -10.7. The summed E-state index contributed by atoms with van der Waals surface area (Å²) in [5, 5.41) is 0. The third kappa shape index (κ3) is 16.2. The number of rotatable bonds is 3. The minimum atomic E-state index is -10.7. The molecule has 6 nitrogen and oxygen atoms in total. The van der Waals surface area contributed by atoms with Crippen molar-refractivity contribution in [2.45, 2.75) is 0 Å². The summed E-state index contributed by atoms with van der Waals surface area (Å²) in [6.07, 6.45) is 10.6. The van der Waals surface area contributed by atoms with Gasteiger partial charge in [0, 0.05) is 37.2 Å². The molecule has 0 aromatic carbocycles. The smallest absolute Gasteiger partial charge is 0.255 e. The first kappa shape index (κ1) is 35.6. The Bertz CT molecular complexity index is 1320. The SMILES string of the molecule is F[P-](F)(F)(F)(F)F.[Fe+3].c1ccc(-c2ccccn2)nc1.c1ccc(-c2ccccn2)nc1.c1ccc(-c2ccccn2)nc1. The molecule has 6 heterocycles. The van der Waals surface area contributed by atoms with Gasteiger partial charge in [-0.05, 0) is 72.8 Å². The first-order valence-electron chi connectivity index (χ1n) is 12.4. The van der Waals surface area contributed by atoms with Crippen molar-refractivity contribution >= 4 is 7.81 Å². The van der Waals surface area contributed by atoms with Crippen LogP contribution in [-0.4, -0.2) is 29.9 Å². The van der Waals surface area contributed by atoms with Gasteiger partial charge in [0.15, 0.2) is 0 Å². The van der Waals surface area contributed by atoms with Crippen LogP contribution in [0.25, 0.3) is 34.2 Å². The van der Waals surface area contributed by atoms with Crippen LogP contribution in [0.5, 0.6) is 0 Å². The molecule has 0 aliphatic rings. The summed E-state index contributed by atoms with van der Waals surface area (Å²) in [4.78, 5) is 25.1. The second-order valence-electron chi connectivity index (χ2n) is 8.25. The summed E-state index contributed by atoms with van der Waals surface area (Å²) in [5.41, 5.74) is 5.49. The fourth-order valence-corrected chi connectivity index (χ4v) is 3.09.